The van der Waals surface area contributed by atoms with Gasteiger partial charge in [0.25, 0.3) is 0 Å². The normalized spacial score (nSPS) is 10.0. The van der Waals surface area contributed by atoms with Gasteiger partial charge in [-0.2, -0.15) is 5.10 Å². The Balaban J connectivity index is 1.68. The predicted molar refractivity (Wildman–Crippen MR) is 105 cm³/mol. The highest BCUT2D eigenvalue weighted by molar-refractivity contribution is 6.04. The molecule has 0 saturated carbocycles. The van der Waals surface area contributed by atoms with Crippen molar-refractivity contribution in [2.75, 3.05) is 24.4 Å². The molecule has 3 rings (SSSR count). The highest BCUT2D eigenvalue weighted by Crippen LogP contribution is 2.25. The second kappa shape index (κ2) is 8.63. The lowest BCUT2D eigenvalue weighted by atomic mass is 10.2. The van der Waals surface area contributed by atoms with E-state index in [0.717, 1.165) is 23.1 Å². The summed E-state index contributed by atoms with van der Waals surface area (Å²) < 4.78 is 10.7. The van der Waals surface area contributed by atoms with Crippen molar-refractivity contribution in [2.24, 2.45) is 0 Å². The Bertz CT molecular complexity index is 984. The van der Waals surface area contributed by atoms with Gasteiger partial charge in [0.2, 0.25) is 0 Å². The van der Waals surface area contributed by atoms with Gasteiger partial charge in [0.1, 0.15) is 18.1 Å². The molecule has 0 aliphatic heterocycles. The number of anilines is 2. The van der Waals surface area contributed by atoms with E-state index in [0.29, 0.717) is 23.9 Å². The average molecular weight is 364 g/mol. The third-order valence-electron chi connectivity index (χ3n) is 3.73. The minimum Gasteiger partial charge on any atom is -0.497 e. The summed E-state index contributed by atoms with van der Waals surface area (Å²) in [5.41, 5.74) is 1.44. The molecule has 0 spiro atoms. The molecule has 0 radical (unpaired) electrons. The highest BCUT2D eigenvalue weighted by atomic mass is 16.5. The molecule has 0 atom stereocenters. The summed E-state index contributed by atoms with van der Waals surface area (Å²) in [4.78, 5) is 12.2. The van der Waals surface area contributed by atoms with E-state index in [1.54, 1.807) is 31.4 Å². The first kappa shape index (κ1) is 18.1. The molecule has 0 saturated heterocycles. The smallest absolute Gasteiger partial charge is 0.324 e. The largest absolute Gasteiger partial charge is 0.497 e. The number of nitrogens with one attached hydrogen (secondary N) is 3. The maximum atomic E-state index is 12.2. The molecule has 27 heavy (non-hydrogen) atoms. The number of aromatic nitrogens is 2. The van der Waals surface area contributed by atoms with Crippen LogP contribution in [-0.2, 0) is 0 Å². The molecular formula is C20H20N4O3. The molecule has 3 aromatic rings. The first-order valence-electron chi connectivity index (χ1n) is 8.48. The number of methoxy groups -OCH3 is 1. The number of carbonyl (C=O) groups is 1. The van der Waals surface area contributed by atoms with E-state index in [9.17, 15) is 4.79 Å². The van der Waals surface area contributed by atoms with Crippen molar-refractivity contribution in [3.63, 3.8) is 0 Å². The number of urea groups is 1. The summed E-state index contributed by atoms with van der Waals surface area (Å²) in [7, 11) is 1.59. The second-order valence-corrected chi connectivity index (χ2v) is 5.58. The van der Waals surface area contributed by atoms with Gasteiger partial charge < -0.3 is 14.8 Å². The van der Waals surface area contributed by atoms with Gasteiger partial charge in [-0.05, 0) is 42.5 Å². The molecule has 0 fully saturated rings. The zero-order valence-corrected chi connectivity index (χ0v) is 15.1. The summed E-state index contributed by atoms with van der Waals surface area (Å²) >= 11 is 0. The summed E-state index contributed by atoms with van der Waals surface area (Å²) in [5.74, 6) is 7.67. The molecule has 0 aliphatic carbocycles. The number of hydrogen-bond donors (Lipinski definition) is 3. The molecule has 7 heteroatoms. The average Bonchev–Trinajstić information content (AvgIpc) is 3.08. The van der Waals surface area contributed by atoms with Crippen LogP contribution in [0.15, 0.2) is 42.5 Å². The minimum atomic E-state index is -0.395. The lowest BCUT2D eigenvalue weighted by molar-refractivity contribution is 0.262. The van der Waals surface area contributed by atoms with Gasteiger partial charge in [-0.15, -0.1) is 5.92 Å². The zero-order valence-electron chi connectivity index (χ0n) is 15.1. The Morgan fingerprint density at radius 1 is 1.11 bits per heavy atom. The number of aromatic amines is 1. The van der Waals surface area contributed by atoms with Crippen molar-refractivity contribution in [2.45, 2.75) is 13.3 Å². The molecule has 7 nitrogen and oxygen atoms in total. The Morgan fingerprint density at radius 2 is 1.89 bits per heavy atom. The quantitative estimate of drug-likeness (QED) is 0.597. The monoisotopic (exact) mass is 364 g/mol. The molecule has 1 heterocycles. The van der Waals surface area contributed by atoms with E-state index in [1.807, 2.05) is 25.1 Å². The molecule has 0 bridgehead atoms. The molecule has 138 valence electrons. The van der Waals surface area contributed by atoms with E-state index in [4.69, 9.17) is 9.47 Å². The summed E-state index contributed by atoms with van der Waals surface area (Å²) in [6.45, 7) is 2.30. The molecule has 2 amide bonds. The van der Waals surface area contributed by atoms with E-state index in [1.165, 1.54) is 0 Å². The Labute approximate surface area is 157 Å². The van der Waals surface area contributed by atoms with Gasteiger partial charge in [0.05, 0.1) is 12.6 Å². The van der Waals surface area contributed by atoms with Crippen LogP contribution in [0, 0.1) is 11.8 Å². The highest BCUT2D eigenvalue weighted by Gasteiger charge is 2.10. The Kier molecular flexibility index (Phi) is 5.80. The van der Waals surface area contributed by atoms with Crippen molar-refractivity contribution in [3.8, 4) is 23.3 Å². The van der Waals surface area contributed by atoms with Gasteiger partial charge in [-0.3, -0.25) is 10.4 Å². The fraction of sp³-hybridized carbons (Fsp3) is 0.200. The lowest BCUT2D eigenvalue weighted by Gasteiger charge is -2.07. The number of nitrogens with zero attached hydrogens (tertiary/aromatic N) is 1. The van der Waals surface area contributed by atoms with Crippen molar-refractivity contribution in [1.82, 2.24) is 10.2 Å². The standard InChI is InChI=1S/C20H20N4O3/c1-3-4-5-12-27-16-10-11-18-17(13-16)19(24-23-18)22-20(25)21-14-6-8-15(26-2)9-7-14/h6-11,13H,3,12H2,1-2H3,(H3,21,22,23,24,25). The van der Waals surface area contributed by atoms with Crippen molar-refractivity contribution < 1.29 is 14.3 Å². The zero-order chi connectivity index (χ0) is 19.1. The van der Waals surface area contributed by atoms with Crippen LogP contribution in [0.3, 0.4) is 0 Å². The van der Waals surface area contributed by atoms with Crippen LogP contribution in [0.1, 0.15) is 13.3 Å². The van der Waals surface area contributed by atoms with E-state index in [2.05, 4.69) is 32.7 Å². The summed E-state index contributed by atoms with van der Waals surface area (Å²) in [6.07, 6.45) is 0.793. The van der Waals surface area contributed by atoms with Crippen LogP contribution in [-0.4, -0.2) is 29.9 Å². The fourth-order valence-electron chi connectivity index (χ4n) is 2.42. The van der Waals surface area contributed by atoms with Crippen LogP contribution < -0.4 is 20.1 Å². The first-order chi connectivity index (χ1) is 13.2. The number of benzene rings is 2. The summed E-state index contributed by atoms with van der Waals surface area (Å²) in [6, 6.07) is 12.1. The third kappa shape index (κ3) is 4.70. The van der Waals surface area contributed by atoms with Crippen molar-refractivity contribution in [1.29, 1.82) is 0 Å². The molecule has 0 unspecified atom stereocenters. The summed E-state index contributed by atoms with van der Waals surface area (Å²) in [5, 5.41) is 13.3. The van der Waals surface area contributed by atoms with Gasteiger partial charge in [-0.25, -0.2) is 4.79 Å². The van der Waals surface area contributed by atoms with Crippen LogP contribution in [0.4, 0.5) is 16.3 Å². The first-order valence-corrected chi connectivity index (χ1v) is 8.48. The molecular weight excluding hydrogens is 344 g/mol. The van der Waals surface area contributed by atoms with Crippen LogP contribution >= 0.6 is 0 Å². The van der Waals surface area contributed by atoms with Gasteiger partial charge >= 0.3 is 6.03 Å². The molecule has 1 aromatic heterocycles. The lowest BCUT2D eigenvalue weighted by Crippen LogP contribution is -2.19. The van der Waals surface area contributed by atoms with Gasteiger partial charge in [0.15, 0.2) is 5.82 Å². The molecule has 3 N–H and O–H groups in total. The van der Waals surface area contributed by atoms with Gasteiger partial charge in [-0.1, -0.05) is 12.8 Å². The number of ether oxygens (including phenoxy) is 2. The van der Waals surface area contributed by atoms with E-state index < -0.39 is 6.03 Å². The van der Waals surface area contributed by atoms with Gasteiger partial charge in [0, 0.05) is 17.5 Å². The maximum absolute atomic E-state index is 12.2. The second-order valence-electron chi connectivity index (χ2n) is 5.58. The Morgan fingerprint density at radius 3 is 2.63 bits per heavy atom. The molecule has 0 aliphatic rings. The number of H-pyrrole nitrogens is 1. The van der Waals surface area contributed by atoms with Crippen molar-refractivity contribution in [3.05, 3.63) is 42.5 Å². The topological polar surface area (TPSA) is 88.3 Å². The SMILES string of the molecule is CCC#CCOc1ccc2[nH]nc(NC(=O)Nc3ccc(OC)cc3)c2c1. The van der Waals surface area contributed by atoms with Crippen molar-refractivity contribution >= 4 is 28.4 Å². The number of carbonyl (C=O) groups excluding carboxylic acids is 1. The molecule has 2 aromatic carbocycles. The van der Waals surface area contributed by atoms with E-state index >= 15 is 0 Å². The number of rotatable bonds is 5. The fourth-order valence-corrected chi connectivity index (χ4v) is 2.42. The number of amides is 2. The number of fused-ring (bicyclic) bond motifs is 1. The minimum absolute atomic E-state index is 0.317. The number of hydrogen-bond acceptors (Lipinski definition) is 4. The third-order valence-corrected chi connectivity index (χ3v) is 3.73. The van der Waals surface area contributed by atoms with E-state index in [-0.39, 0.29) is 0 Å². The van der Waals surface area contributed by atoms with Crippen LogP contribution in [0.5, 0.6) is 11.5 Å². The van der Waals surface area contributed by atoms with Crippen LogP contribution in [0.25, 0.3) is 10.9 Å². The van der Waals surface area contributed by atoms with Crippen LogP contribution in [0.2, 0.25) is 0 Å². The maximum Gasteiger partial charge on any atom is 0.324 e. The Hall–Kier alpha value is -3.66. The predicted octanol–water partition coefficient (Wildman–Crippen LogP) is 4.01.